The van der Waals surface area contributed by atoms with Gasteiger partial charge in [-0.15, -0.1) is 0 Å². The summed E-state index contributed by atoms with van der Waals surface area (Å²) < 4.78 is 72.0. The van der Waals surface area contributed by atoms with E-state index in [9.17, 15) is 26.4 Å². The third-order valence-corrected chi connectivity index (χ3v) is 7.49. The first-order valence-corrected chi connectivity index (χ1v) is 13.2. The monoisotopic (exact) mass is 516 g/mol. The fourth-order valence-corrected chi connectivity index (χ4v) is 5.15. The summed E-state index contributed by atoms with van der Waals surface area (Å²) in [6.07, 6.45) is -0.270. The molecule has 4 rings (SSSR count). The van der Waals surface area contributed by atoms with Crippen molar-refractivity contribution in [3.05, 3.63) is 60.0 Å². The van der Waals surface area contributed by atoms with Crippen LogP contribution < -0.4 is 0 Å². The number of sulfone groups is 1. The lowest BCUT2D eigenvalue weighted by Gasteiger charge is -2.34. The van der Waals surface area contributed by atoms with Crippen LogP contribution in [0.5, 0.6) is 0 Å². The summed E-state index contributed by atoms with van der Waals surface area (Å²) >= 11 is 0. The summed E-state index contributed by atoms with van der Waals surface area (Å²) in [5.41, 5.74) is 1.20. The lowest BCUT2D eigenvalue weighted by atomic mass is 9.72. The van der Waals surface area contributed by atoms with E-state index in [1.165, 1.54) is 48.5 Å². The minimum absolute atomic E-state index is 0.0280. The van der Waals surface area contributed by atoms with Gasteiger partial charge in [-0.1, -0.05) is 0 Å². The van der Waals surface area contributed by atoms with E-state index in [4.69, 9.17) is 9.68 Å². The molecule has 10 heteroatoms. The summed E-state index contributed by atoms with van der Waals surface area (Å²) in [5.74, 6) is -5.34. The summed E-state index contributed by atoms with van der Waals surface area (Å²) in [5, 5.41) is 8.87. The Bertz CT molecular complexity index is 1410. The number of halogens is 3. The zero-order valence-electron chi connectivity index (χ0n) is 19.4. The topological polar surface area (TPSA) is 101 Å². The molecule has 3 aromatic rings. The van der Waals surface area contributed by atoms with Gasteiger partial charge in [-0.25, -0.2) is 26.6 Å². The van der Waals surface area contributed by atoms with Crippen molar-refractivity contribution in [1.29, 1.82) is 5.26 Å². The first kappa shape index (κ1) is 25.6. The molecule has 1 heterocycles. The number of nitriles is 1. The largest absolute Gasteiger partial charge is 0.436 e. The number of hydrogen-bond acceptors (Lipinski definition) is 6. The van der Waals surface area contributed by atoms with Gasteiger partial charge in [0, 0.05) is 54.9 Å². The lowest BCUT2D eigenvalue weighted by Crippen LogP contribution is -2.36. The van der Waals surface area contributed by atoms with Crippen LogP contribution in [0.4, 0.5) is 13.2 Å². The van der Waals surface area contributed by atoms with Gasteiger partial charge >= 0.3 is 0 Å². The molecule has 0 amide bonds. The van der Waals surface area contributed by atoms with E-state index in [0.29, 0.717) is 16.8 Å². The van der Waals surface area contributed by atoms with Crippen LogP contribution in [0.25, 0.3) is 22.8 Å². The molecule has 1 saturated carbocycles. The predicted octanol–water partition coefficient (Wildman–Crippen LogP) is 5.94. The fraction of sp³-hybridized carbons (Fsp3) is 0.346. The summed E-state index contributed by atoms with van der Waals surface area (Å²) in [6.45, 7) is 0. The fourth-order valence-electron chi connectivity index (χ4n) is 4.52. The highest BCUT2D eigenvalue weighted by molar-refractivity contribution is 7.90. The van der Waals surface area contributed by atoms with Crippen molar-refractivity contribution in [3.8, 4) is 28.8 Å². The smallest absolute Gasteiger partial charge is 0.248 e. The van der Waals surface area contributed by atoms with Crippen molar-refractivity contribution in [2.24, 2.45) is 5.92 Å². The molecule has 36 heavy (non-hydrogen) atoms. The van der Waals surface area contributed by atoms with Crippen LogP contribution in [0.3, 0.4) is 0 Å². The van der Waals surface area contributed by atoms with Crippen LogP contribution in [0, 0.1) is 23.1 Å². The molecule has 2 unspecified atom stereocenters. The average molecular weight is 517 g/mol. The second-order valence-corrected chi connectivity index (χ2v) is 11.0. The van der Waals surface area contributed by atoms with Crippen LogP contribution in [-0.2, 0) is 14.6 Å². The van der Waals surface area contributed by atoms with Crippen LogP contribution in [0.1, 0.15) is 43.7 Å². The van der Waals surface area contributed by atoms with Gasteiger partial charge in [0.25, 0.3) is 0 Å². The SMILES string of the molecule is CS(=O)(=O)c1ccc(-c2oc(-c3ccc(F)cc3)nc2C2CCC(F)(F)CC2C(=O)CCC#N)cc1. The van der Waals surface area contributed by atoms with Crippen molar-refractivity contribution in [2.45, 2.75) is 48.8 Å². The molecule has 1 aliphatic rings. The van der Waals surface area contributed by atoms with Crippen LogP contribution in [0.2, 0.25) is 0 Å². The van der Waals surface area contributed by atoms with E-state index in [1.54, 1.807) is 0 Å². The quantitative estimate of drug-likeness (QED) is 0.385. The van der Waals surface area contributed by atoms with Crippen LogP contribution in [0.15, 0.2) is 57.8 Å². The molecule has 1 aromatic heterocycles. The van der Waals surface area contributed by atoms with Crippen LogP contribution >= 0.6 is 0 Å². The Kier molecular flexibility index (Phi) is 7.05. The lowest BCUT2D eigenvalue weighted by molar-refractivity contribution is -0.131. The molecular weight excluding hydrogens is 493 g/mol. The number of alkyl halides is 2. The molecule has 0 spiro atoms. The number of nitrogens with zero attached hydrogens (tertiary/aromatic N) is 2. The van der Waals surface area contributed by atoms with E-state index < -0.39 is 52.0 Å². The normalized spacial score (nSPS) is 19.5. The highest BCUT2D eigenvalue weighted by atomic mass is 32.2. The molecular formula is C26H23F3N2O4S. The molecule has 0 aliphatic heterocycles. The Labute approximate surface area is 206 Å². The maximum atomic E-state index is 14.4. The Morgan fingerprint density at radius 3 is 2.39 bits per heavy atom. The van der Waals surface area contributed by atoms with Gasteiger partial charge in [-0.3, -0.25) is 4.79 Å². The van der Waals surface area contributed by atoms with Gasteiger partial charge in [0.15, 0.2) is 15.6 Å². The van der Waals surface area contributed by atoms with Crippen molar-refractivity contribution >= 4 is 15.6 Å². The van der Waals surface area contributed by atoms with E-state index in [0.717, 1.165) is 6.26 Å². The molecule has 6 nitrogen and oxygen atoms in total. The van der Waals surface area contributed by atoms with Gasteiger partial charge in [0.2, 0.25) is 11.8 Å². The van der Waals surface area contributed by atoms with E-state index in [1.807, 2.05) is 6.07 Å². The summed E-state index contributed by atoms with van der Waals surface area (Å²) in [7, 11) is -3.45. The minimum atomic E-state index is -3.45. The van der Waals surface area contributed by atoms with Gasteiger partial charge in [-0.2, -0.15) is 5.26 Å². The third kappa shape index (κ3) is 5.51. The van der Waals surface area contributed by atoms with Gasteiger partial charge in [0.05, 0.1) is 16.7 Å². The van der Waals surface area contributed by atoms with Gasteiger partial charge in [0.1, 0.15) is 11.6 Å². The number of Topliss-reactive ketones (excluding diaryl/α,β-unsaturated/α-hetero) is 1. The first-order valence-electron chi connectivity index (χ1n) is 11.3. The standard InChI is InChI=1S/C26H23F3N2O4S/c1-36(33,34)19-10-6-16(7-11-19)24-23(31-25(35-24)17-4-8-18(27)9-5-17)20-12-13-26(28,29)15-21(20)22(32)3-2-14-30/h4-11,20-21H,2-3,12-13,15H2,1H3. The maximum absolute atomic E-state index is 14.4. The van der Waals surface area contributed by atoms with Crippen molar-refractivity contribution in [2.75, 3.05) is 6.26 Å². The van der Waals surface area contributed by atoms with E-state index >= 15 is 0 Å². The molecule has 188 valence electrons. The number of benzene rings is 2. The van der Waals surface area contributed by atoms with Crippen molar-refractivity contribution < 1.29 is 30.8 Å². The maximum Gasteiger partial charge on any atom is 0.248 e. The van der Waals surface area contributed by atoms with E-state index in [2.05, 4.69) is 4.98 Å². The molecule has 0 bridgehead atoms. The second kappa shape index (κ2) is 9.90. The Morgan fingerprint density at radius 2 is 1.78 bits per heavy atom. The third-order valence-electron chi connectivity index (χ3n) is 6.36. The highest BCUT2D eigenvalue weighted by Gasteiger charge is 2.46. The zero-order chi connectivity index (χ0) is 26.1. The van der Waals surface area contributed by atoms with Crippen LogP contribution in [-0.4, -0.2) is 31.4 Å². The number of carbonyl (C=O) groups is 1. The number of hydrogen-bond donors (Lipinski definition) is 0. The second-order valence-electron chi connectivity index (χ2n) is 8.97. The molecule has 2 atom stereocenters. The zero-order valence-corrected chi connectivity index (χ0v) is 20.2. The molecule has 0 N–H and O–H groups in total. The number of carbonyl (C=O) groups excluding carboxylic acids is 1. The van der Waals surface area contributed by atoms with Crippen molar-refractivity contribution in [1.82, 2.24) is 4.98 Å². The first-order chi connectivity index (χ1) is 17.0. The molecule has 1 aliphatic carbocycles. The average Bonchev–Trinajstić information content (AvgIpc) is 3.27. The van der Waals surface area contributed by atoms with E-state index in [-0.39, 0.29) is 35.8 Å². The predicted molar refractivity (Wildman–Crippen MR) is 125 cm³/mol. The number of rotatable bonds is 7. The molecule has 1 fully saturated rings. The minimum Gasteiger partial charge on any atom is -0.436 e. The Morgan fingerprint density at radius 1 is 1.14 bits per heavy atom. The number of ketones is 1. The summed E-state index contributed by atoms with van der Waals surface area (Å²) in [4.78, 5) is 17.6. The molecule has 0 radical (unpaired) electrons. The summed E-state index contributed by atoms with van der Waals surface area (Å²) in [6, 6.07) is 13.1. The van der Waals surface area contributed by atoms with Crippen molar-refractivity contribution in [3.63, 3.8) is 0 Å². The molecule has 2 aromatic carbocycles. The van der Waals surface area contributed by atoms with Gasteiger partial charge in [-0.05, 0) is 55.0 Å². The number of oxazole rings is 1. The Balaban J connectivity index is 1.83. The highest BCUT2D eigenvalue weighted by Crippen LogP contribution is 2.48. The number of aromatic nitrogens is 1. The molecule has 0 saturated heterocycles. The Hall–Kier alpha value is -3.45. The van der Waals surface area contributed by atoms with Gasteiger partial charge < -0.3 is 4.42 Å².